The van der Waals surface area contributed by atoms with Crippen LogP contribution in [0.15, 0.2) is 33.5 Å². The molecule has 1 aromatic heterocycles. The molecule has 0 amide bonds. The van der Waals surface area contributed by atoms with Crippen LogP contribution in [0.3, 0.4) is 0 Å². The van der Waals surface area contributed by atoms with Crippen molar-refractivity contribution in [2.75, 3.05) is 0 Å². The van der Waals surface area contributed by atoms with Crippen LogP contribution in [-0.4, -0.2) is 10.2 Å². The van der Waals surface area contributed by atoms with Crippen LogP contribution in [0, 0.1) is 3.57 Å². The summed E-state index contributed by atoms with van der Waals surface area (Å²) in [5, 5.41) is 7.48. The summed E-state index contributed by atoms with van der Waals surface area (Å²) in [7, 11) is 0. The monoisotopic (exact) mass is 350 g/mol. The van der Waals surface area contributed by atoms with Gasteiger partial charge in [-0.15, -0.1) is 10.2 Å². The highest BCUT2D eigenvalue weighted by Gasteiger charge is 2.07. The van der Waals surface area contributed by atoms with Gasteiger partial charge in [0.2, 0.25) is 12.3 Å². The van der Waals surface area contributed by atoms with Crippen LogP contribution in [0.5, 0.6) is 0 Å². The Morgan fingerprint density at radius 3 is 2.92 bits per heavy atom. The maximum absolute atomic E-state index is 5.11. The molecule has 3 nitrogen and oxygen atoms in total. The molecule has 0 radical (unpaired) electrons. The first kappa shape index (κ1) is 9.14. The van der Waals surface area contributed by atoms with E-state index in [0.717, 1.165) is 13.6 Å². The largest absolute Gasteiger partial charge is 0.423 e. The van der Waals surface area contributed by atoms with Crippen molar-refractivity contribution < 1.29 is 4.42 Å². The maximum atomic E-state index is 5.11. The second-order valence-electron chi connectivity index (χ2n) is 2.37. The van der Waals surface area contributed by atoms with E-state index in [2.05, 4.69) is 48.7 Å². The van der Waals surface area contributed by atoms with Crippen LogP contribution in [-0.2, 0) is 0 Å². The maximum Gasteiger partial charge on any atom is 0.248 e. The van der Waals surface area contributed by atoms with E-state index < -0.39 is 0 Å². The molecule has 5 heteroatoms. The molecule has 0 spiro atoms. The average molecular weight is 351 g/mol. The third-order valence-corrected chi connectivity index (χ3v) is 2.95. The minimum absolute atomic E-state index is 0.547. The van der Waals surface area contributed by atoms with Crippen molar-refractivity contribution in [3.05, 3.63) is 32.6 Å². The summed E-state index contributed by atoms with van der Waals surface area (Å²) in [5.41, 5.74) is 0.951. The van der Waals surface area contributed by atoms with Crippen molar-refractivity contribution in [1.29, 1.82) is 0 Å². The van der Waals surface area contributed by atoms with Crippen molar-refractivity contribution in [2.45, 2.75) is 0 Å². The SMILES string of the molecule is Brc1ccc(I)c(-c2nnco2)c1. The Morgan fingerprint density at radius 1 is 1.38 bits per heavy atom. The number of hydrogen-bond donors (Lipinski definition) is 0. The zero-order chi connectivity index (χ0) is 9.26. The lowest BCUT2D eigenvalue weighted by Gasteiger charge is -1.98. The van der Waals surface area contributed by atoms with E-state index in [9.17, 15) is 0 Å². The van der Waals surface area contributed by atoms with E-state index in [1.54, 1.807) is 0 Å². The van der Waals surface area contributed by atoms with Crippen LogP contribution in [0.2, 0.25) is 0 Å². The molecule has 1 aromatic carbocycles. The molecule has 0 aliphatic rings. The predicted octanol–water partition coefficient (Wildman–Crippen LogP) is 3.10. The third kappa shape index (κ3) is 1.91. The van der Waals surface area contributed by atoms with Crippen LogP contribution >= 0.6 is 38.5 Å². The predicted molar refractivity (Wildman–Crippen MR) is 60.2 cm³/mol. The average Bonchev–Trinajstić information content (AvgIpc) is 2.61. The van der Waals surface area contributed by atoms with Crippen molar-refractivity contribution in [1.82, 2.24) is 10.2 Å². The molecular formula is C8H4BrIN2O. The van der Waals surface area contributed by atoms with Gasteiger partial charge < -0.3 is 4.42 Å². The number of rotatable bonds is 1. The molecule has 0 atom stereocenters. The van der Waals surface area contributed by atoms with Gasteiger partial charge in [0.25, 0.3) is 0 Å². The summed E-state index contributed by atoms with van der Waals surface area (Å²) in [6.45, 7) is 0. The standard InChI is InChI=1S/C8H4BrIN2O/c9-5-1-2-7(10)6(3-5)8-12-11-4-13-8/h1-4H. The minimum atomic E-state index is 0.547. The molecule has 0 N–H and O–H groups in total. The van der Waals surface area contributed by atoms with Gasteiger partial charge in [0.1, 0.15) is 0 Å². The lowest BCUT2D eigenvalue weighted by molar-refractivity contribution is 0.568. The minimum Gasteiger partial charge on any atom is -0.423 e. The van der Waals surface area contributed by atoms with E-state index >= 15 is 0 Å². The van der Waals surface area contributed by atoms with Gasteiger partial charge in [-0.05, 0) is 40.8 Å². The van der Waals surface area contributed by atoms with E-state index in [1.165, 1.54) is 6.39 Å². The highest BCUT2D eigenvalue weighted by Crippen LogP contribution is 2.26. The van der Waals surface area contributed by atoms with Crippen LogP contribution < -0.4 is 0 Å². The van der Waals surface area contributed by atoms with Gasteiger partial charge >= 0.3 is 0 Å². The van der Waals surface area contributed by atoms with Crippen molar-refractivity contribution in [3.8, 4) is 11.5 Å². The summed E-state index contributed by atoms with van der Waals surface area (Å²) < 4.78 is 7.20. The number of halogens is 2. The molecule has 2 rings (SSSR count). The smallest absolute Gasteiger partial charge is 0.248 e. The van der Waals surface area contributed by atoms with Gasteiger partial charge in [-0.25, -0.2) is 0 Å². The molecule has 1 heterocycles. The molecular weight excluding hydrogens is 347 g/mol. The zero-order valence-electron chi connectivity index (χ0n) is 6.37. The molecule has 0 aliphatic heterocycles. The van der Waals surface area contributed by atoms with Crippen LogP contribution in [0.4, 0.5) is 0 Å². The van der Waals surface area contributed by atoms with E-state index in [-0.39, 0.29) is 0 Å². The van der Waals surface area contributed by atoms with Crippen LogP contribution in [0.1, 0.15) is 0 Å². The van der Waals surface area contributed by atoms with Crippen molar-refractivity contribution in [3.63, 3.8) is 0 Å². The Morgan fingerprint density at radius 2 is 2.23 bits per heavy atom. The third-order valence-electron chi connectivity index (χ3n) is 1.52. The van der Waals surface area contributed by atoms with Gasteiger partial charge in [0.15, 0.2) is 0 Å². The highest BCUT2D eigenvalue weighted by molar-refractivity contribution is 14.1. The first-order valence-electron chi connectivity index (χ1n) is 3.49. The summed E-state index contributed by atoms with van der Waals surface area (Å²) in [5.74, 6) is 0.547. The molecule has 0 saturated carbocycles. The molecule has 0 unspecified atom stereocenters. The fourth-order valence-electron chi connectivity index (χ4n) is 0.952. The van der Waals surface area contributed by atoms with Gasteiger partial charge in [-0.1, -0.05) is 15.9 Å². The summed E-state index contributed by atoms with van der Waals surface area (Å²) >= 11 is 5.62. The Labute approximate surface area is 96.8 Å². The number of nitrogens with zero attached hydrogens (tertiary/aromatic N) is 2. The first-order valence-corrected chi connectivity index (χ1v) is 5.36. The number of hydrogen-bond acceptors (Lipinski definition) is 3. The van der Waals surface area contributed by atoms with Crippen molar-refractivity contribution in [2.24, 2.45) is 0 Å². The van der Waals surface area contributed by atoms with E-state index in [0.29, 0.717) is 5.89 Å². The molecule has 13 heavy (non-hydrogen) atoms. The van der Waals surface area contributed by atoms with Gasteiger partial charge in [0.05, 0.1) is 5.56 Å². The number of benzene rings is 1. The Bertz CT molecular complexity index is 416. The van der Waals surface area contributed by atoms with E-state index in [1.807, 2.05) is 18.2 Å². The zero-order valence-corrected chi connectivity index (χ0v) is 10.1. The Kier molecular flexibility index (Phi) is 2.63. The summed E-state index contributed by atoms with van der Waals surface area (Å²) in [6, 6.07) is 5.92. The van der Waals surface area contributed by atoms with Gasteiger partial charge in [0, 0.05) is 8.04 Å². The fraction of sp³-hybridized carbons (Fsp3) is 0. The lowest BCUT2D eigenvalue weighted by Crippen LogP contribution is -1.83. The van der Waals surface area contributed by atoms with Crippen LogP contribution in [0.25, 0.3) is 11.5 Å². The molecule has 0 aliphatic carbocycles. The number of aromatic nitrogens is 2. The second kappa shape index (κ2) is 3.75. The molecule has 2 aromatic rings. The van der Waals surface area contributed by atoms with E-state index in [4.69, 9.17) is 4.42 Å². The van der Waals surface area contributed by atoms with Gasteiger partial charge in [-0.2, -0.15) is 0 Å². The summed E-state index contributed by atoms with van der Waals surface area (Å²) in [4.78, 5) is 0. The first-order chi connectivity index (χ1) is 6.27. The quantitative estimate of drug-likeness (QED) is 0.742. The lowest BCUT2D eigenvalue weighted by atomic mass is 10.2. The Balaban J connectivity index is 2.57. The highest BCUT2D eigenvalue weighted by atomic mass is 127. The fourth-order valence-corrected chi connectivity index (χ4v) is 1.88. The molecule has 66 valence electrons. The topological polar surface area (TPSA) is 38.9 Å². The summed E-state index contributed by atoms with van der Waals surface area (Å²) in [6.07, 6.45) is 1.33. The van der Waals surface area contributed by atoms with Crippen molar-refractivity contribution >= 4 is 38.5 Å². The van der Waals surface area contributed by atoms with Gasteiger partial charge in [-0.3, -0.25) is 0 Å². The normalized spacial score (nSPS) is 10.3. The molecule has 0 bridgehead atoms. The second-order valence-corrected chi connectivity index (χ2v) is 4.45. The molecule has 0 saturated heterocycles. The Hall–Kier alpha value is -0.430. The molecule has 0 fully saturated rings.